The van der Waals surface area contributed by atoms with Crippen molar-refractivity contribution in [3.05, 3.63) is 237 Å². The minimum atomic E-state index is 0.859. The minimum absolute atomic E-state index is 0.859. The van der Waals surface area contributed by atoms with Gasteiger partial charge in [0.15, 0.2) is 5.58 Å². The molecule has 0 unspecified atom stereocenters. The zero-order chi connectivity index (χ0) is 39.8. The summed E-state index contributed by atoms with van der Waals surface area (Å²) < 4.78 is 6.65. The molecule has 1 aromatic heterocycles. The molecule has 0 aliphatic rings. The standard InChI is InChI=1S/C58H39NO/c1-2-14-44(15-3-1)52-21-6-7-22-53(52)49-19-11-20-51(39-49)59(56-25-12-24-55-54-23-8-9-26-57(54)60-58(55)56)50-35-33-42(34-36-50)41-27-29-43(30-28-41)46-17-10-18-47(37-46)48-32-31-40-13-4-5-16-45(40)38-48/h1-39H. The molecular weight excluding hydrogens is 727 g/mol. The normalized spacial score (nSPS) is 11.3. The van der Waals surface area contributed by atoms with Gasteiger partial charge >= 0.3 is 0 Å². The summed E-state index contributed by atoms with van der Waals surface area (Å²) in [7, 11) is 0. The Balaban J connectivity index is 0.957. The molecule has 0 radical (unpaired) electrons. The van der Waals surface area contributed by atoms with Crippen LogP contribution in [0.25, 0.3) is 88.3 Å². The molecule has 1 heterocycles. The largest absolute Gasteiger partial charge is 0.454 e. The van der Waals surface area contributed by atoms with E-state index in [1.165, 1.54) is 55.3 Å². The van der Waals surface area contributed by atoms with Crippen molar-refractivity contribution < 1.29 is 4.42 Å². The van der Waals surface area contributed by atoms with Crippen molar-refractivity contribution in [2.75, 3.05) is 4.90 Å². The van der Waals surface area contributed by atoms with E-state index in [4.69, 9.17) is 4.42 Å². The van der Waals surface area contributed by atoms with Crippen molar-refractivity contribution in [3.63, 3.8) is 0 Å². The average Bonchev–Trinajstić information content (AvgIpc) is 3.72. The molecular formula is C58H39NO. The molecule has 2 heteroatoms. The third kappa shape index (κ3) is 6.51. The number of rotatable bonds is 8. The number of nitrogens with zero attached hydrogens (tertiary/aromatic N) is 1. The molecule has 2 nitrogen and oxygen atoms in total. The smallest absolute Gasteiger partial charge is 0.159 e. The fourth-order valence-corrected chi connectivity index (χ4v) is 8.66. The van der Waals surface area contributed by atoms with Crippen molar-refractivity contribution in [2.45, 2.75) is 0 Å². The van der Waals surface area contributed by atoms with Crippen LogP contribution >= 0.6 is 0 Å². The maximum Gasteiger partial charge on any atom is 0.159 e. The van der Waals surface area contributed by atoms with E-state index < -0.39 is 0 Å². The molecule has 0 aliphatic heterocycles. The zero-order valence-corrected chi connectivity index (χ0v) is 32.9. The topological polar surface area (TPSA) is 16.4 Å². The highest BCUT2D eigenvalue weighted by molar-refractivity contribution is 6.10. The fraction of sp³-hybridized carbons (Fsp3) is 0. The number of hydrogen-bond donors (Lipinski definition) is 0. The van der Waals surface area contributed by atoms with Crippen LogP contribution < -0.4 is 4.90 Å². The molecule has 0 fully saturated rings. The Morgan fingerprint density at radius 3 is 1.62 bits per heavy atom. The van der Waals surface area contributed by atoms with Crippen molar-refractivity contribution in [1.82, 2.24) is 0 Å². The number of hydrogen-bond acceptors (Lipinski definition) is 2. The predicted molar refractivity (Wildman–Crippen MR) is 253 cm³/mol. The van der Waals surface area contributed by atoms with Crippen molar-refractivity contribution in [2.24, 2.45) is 0 Å². The summed E-state index contributed by atoms with van der Waals surface area (Å²) in [5, 5.41) is 4.72. The third-order valence-corrected chi connectivity index (χ3v) is 11.7. The number of para-hydroxylation sites is 2. The van der Waals surface area contributed by atoms with Crippen LogP contribution in [0.2, 0.25) is 0 Å². The molecule has 11 aromatic rings. The summed E-state index contributed by atoms with van der Waals surface area (Å²) in [6.07, 6.45) is 0. The number of furan rings is 1. The summed E-state index contributed by atoms with van der Waals surface area (Å²) in [6, 6.07) is 84.8. The summed E-state index contributed by atoms with van der Waals surface area (Å²) >= 11 is 0. The Labute approximate surface area is 349 Å². The lowest BCUT2D eigenvalue weighted by Crippen LogP contribution is -2.10. The molecule has 11 rings (SSSR count). The second-order valence-electron chi connectivity index (χ2n) is 15.3. The minimum Gasteiger partial charge on any atom is -0.454 e. The van der Waals surface area contributed by atoms with E-state index in [0.29, 0.717) is 0 Å². The van der Waals surface area contributed by atoms with E-state index in [0.717, 1.165) is 50.1 Å². The summed E-state index contributed by atoms with van der Waals surface area (Å²) in [4.78, 5) is 2.33. The quantitative estimate of drug-likeness (QED) is 0.153. The molecule has 282 valence electrons. The summed E-state index contributed by atoms with van der Waals surface area (Å²) in [5.41, 5.74) is 16.7. The van der Waals surface area contributed by atoms with Crippen LogP contribution in [-0.2, 0) is 0 Å². The Morgan fingerprint density at radius 1 is 0.283 bits per heavy atom. The molecule has 0 bridgehead atoms. The van der Waals surface area contributed by atoms with Gasteiger partial charge in [-0.3, -0.25) is 0 Å². The molecule has 0 saturated heterocycles. The molecule has 10 aromatic carbocycles. The Kier molecular flexibility index (Phi) is 8.87. The molecule has 0 aliphatic carbocycles. The first-order valence-electron chi connectivity index (χ1n) is 20.5. The van der Waals surface area contributed by atoms with Crippen LogP contribution in [0.15, 0.2) is 241 Å². The first kappa shape index (κ1) is 35.2. The van der Waals surface area contributed by atoms with E-state index in [1.807, 2.05) is 12.1 Å². The summed E-state index contributed by atoms with van der Waals surface area (Å²) in [5.74, 6) is 0. The number of fused-ring (bicyclic) bond motifs is 4. The van der Waals surface area contributed by atoms with Crippen LogP contribution in [0.1, 0.15) is 0 Å². The highest BCUT2D eigenvalue weighted by atomic mass is 16.3. The van der Waals surface area contributed by atoms with Gasteiger partial charge in [-0.05, 0) is 115 Å². The monoisotopic (exact) mass is 765 g/mol. The Bertz CT molecular complexity index is 3310. The van der Waals surface area contributed by atoms with Gasteiger partial charge in [-0.1, -0.05) is 188 Å². The average molecular weight is 766 g/mol. The first-order chi connectivity index (χ1) is 29.7. The van der Waals surface area contributed by atoms with E-state index >= 15 is 0 Å². The van der Waals surface area contributed by atoms with Gasteiger partial charge in [-0.25, -0.2) is 0 Å². The van der Waals surface area contributed by atoms with E-state index in [1.54, 1.807) is 0 Å². The molecule has 0 saturated carbocycles. The predicted octanol–water partition coefficient (Wildman–Crippen LogP) is 16.5. The SMILES string of the molecule is c1ccc(-c2ccccc2-c2cccc(N(c3ccc(-c4ccc(-c5cccc(-c6ccc7ccccc7c6)c5)cc4)cc3)c3cccc4c3oc3ccccc34)c2)cc1. The summed E-state index contributed by atoms with van der Waals surface area (Å²) in [6.45, 7) is 0. The molecule has 0 N–H and O–H groups in total. The van der Waals surface area contributed by atoms with E-state index in [-0.39, 0.29) is 0 Å². The lowest BCUT2D eigenvalue weighted by molar-refractivity contribution is 0.669. The maximum absolute atomic E-state index is 6.65. The van der Waals surface area contributed by atoms with E-state index in [2.05, 4.69) is 229 Å². The molecule has 0 spiro atoms. The van der Waals surface area contributed by atoms with Gasteiger partial charge in [0.25, 0.3) is 0 Å². The van der Waals surface area contributed by atoms with Gasteiger partial charge in [0.05, 0.1) is 5.69 Å². The molecule has 0 amide bonds. The number of anilines is 3. The van der Waals surface area contributed by atoms with Gasteiger partial charge in [0.1, 0.15) is 5.58 Å². The molecule has 0 atom stereocenters. The van der Waals surface area contributed by atoms with E-state index in [9.17, 15) is 0 Å². The Morgan fingerprint density at radius 2 is 0.817 bits per heavy atom. The van der Waals surface area contributed by atoms with Crippen LogP contribution in [0.4, 0.5) is 17.1 Å². The second-order valence-corrected chi connectivity index (χ2v) is 15.3. The van der Waals surface area contributed by atoms with Crippen LogP contribution in [0.5, 0.6) is 0 Å². The van der Waals surface area contributed by atoms with Crippen LogP contribution in [0.3, 0.4) is 0 Å². The van der Waals surface area contributed by atoms with Gasteiger partial charge in [-0.15, -0.1) is 0 Å². The van der Waals surface area contributed by atoms with Crippen molar-refractivity contribution in [1.29, 1.82) is 0 Å². The van der Waals surface area contributed by atoms with Gasteiger partial charge in [-0.2, -0.15) is 0 Å². The van der Waals surface area contributed by atoms with Crippen molar-refractivity contribution in [3.8, 4) is 55.6 Å². The Hall–Kier alpha value is -7.94. The fourth-order valence-electron chi connectivity index (χ4n) is 8.66. The zero-order valence-electron chi connectivity index (χ0n) is 32.9. The van der Waals surface area contributed by atoms with Gasteiger partial charge in [0.2, 0.25) is 0 Å². The lowest BCUT2D eigenvalue weighted by atomic mass is 9.94. The van der Waals surface area contributed by atoms with Crippen molar-refractivity contribution >= 4 is 49.8 Å². The number of benzene rings is 10. The first-order valence-corrected chi connectivity index (χ1v) is 20.5. The maximum atomic E-state index is 6.65. The highest BCUT2D eigenvalue weighted by Crippen LogP contribution is 2.44. The van der Waals surface area contributed by atoms with Crippen LogP contribution in [0, 0.1) is 0 Å². The van der Waals surface area contributed by atoms with Crippen LogP contribution in [-0.4, -0.2) is 0 Å². The third-order valence-electron chi connectivity index (χ3n) is 11.7. The second kappa shape index (κ2) is 15.1. The molecule has 60 heavy (non-hydrogen) atoms. The highest BCUT2D eigenvalue weighted by Gasteiger charge is 2.20. The van der Waals surface area contributed by atoms with Gasteiger partial charge in [0, 0.05) is 22.1 Å². The van der Waals surface area contributed by atoms with Gasteiger partial charge < -0.3 is 9.32 Å². The lowest BCUT2D eigenvalue weighted by Gasteiger charge is -2.26.